The number of aromatic nitrogens is 1. The van der Waals surface area contributed by atoms with E-state index in [1.165, 1.54) is 0 Å². The quantitative estimate of drug-likeness (QED) is 0.860. The van der Waals surface area contributed by atoms with Gasteiger partial charge in [-0.2, -0.15) is 0 Å². The number of hydrogen-bond donors (Lipinski definition) is 0. The van der Waals surface area contributed by atoms with Gasteiger partial charge in [0.1, 0.15) is 11.5 Å². The molecule has 5 heteroatoms. The number of carbonyl (C=O) groups is 1. The Morgan fingerprint density at radius 1 is 1.20 bits per heavy atom. The molecule has 0 N–H and O–H groups in total. The van der Waals surface area contributed by atoms with E-state index in [1.54, 1.807) is 32.4 Å². The summed E-state index contributed by atoms with van der Waals surface area (Å²) in [6.45, 7) is 0. The summed E-state index contributed by atoms with van der Waals surface area (Å²) in [6.07, 6.45) is 2.14. The van der Waals surface area contributed by atoms with Gasteiger partial charge in [-0.05, 0) is 31.0 Å². The van der Waals surface area contributed by atoms with Crippen LogP contribution < -0.4 is 9.47 Å². The molecule has 0 radical (unpaired) electrons. The lowest BCUT2D eigenvalue weighted by atomic mass is 9.92. The summed E-state index contributed by atoms with van der Waals surface area (Å²) >= 11 is 0. The topological polar surface area (TPSA) is 61.6 Å². The average molecular weight is 273 g/mol. The summed E-state index contributed by atoms with van der Waals surface area (Å²) in [5.41, 5.74) is 2.01. The zero-order valence-electron chi connectivity index (χ0n) is 11.4. The Kier molecular flexibility index (Phi) is 3.18. The zero-order chi connectivity index (χ0) is 14.1. The third-order valence-electron chi connectivity index (χ3n) is 3.51. The van der Waals surface area contributed by atoms with Gasteiger partial charge in [-0.3, -0.25) is 4.79 Å². The van der Waals surface area contributed by atoms with Crippen molar-refractivity contribution in [2.24, 2.45) is 0 Å². The highest BCUT2D eigenvalue weighted by molar-refractivity contribution is 6.03. The molecule has 1 aliphatic rings. The van der Waals surface area contributed by atoms with Crippen molar-refractivity contribution in [2.45, 2.75) is 19.3 Å². The van der Waals surface area contributed by atoms with Crippen LogP contribution in [0.1, 0.15) is 28.9 Å². The predicted octanol–water partition coefficient (Wildman–Crippen LogP) is 2.88. The molecular weight excluding hydrogens is 258 g/mol. The Hall–Kier alpha value is -2.30. The van der Waals surface area contributed by atoms with Crippen molar-refractivity contribution in [1.82, 2.24) is 5.16 Å². The van der Waals surface area contributed by atoms with E-state index in [4.69, 9.17) is 14.0 Å². The molecule has 0 unspecified atom stereocenters. The number of aryl methyl sites for hydroxylation is 1. The van der Waals surface area contributed by atoms with Crippen LogP contribution in [0.3, 0.4) is 0 Å². The molecule has 3 rings (SSSR count). The fourth-order valence-electron chi connectivity index (χ4n) is 2.50. The van der Waals surface area contributed by atoms with Gasteiger partial charge >= 0.3 is 0 Å². The van der Waals surface area contributed by atoms with Crippen LogP contribution in [-0.2, 0) is 6.42 Å². The highest BCUT2D eigenvalue weighted by Crippen LogP contribution is 2.38. The van der Waals surface area contributed by atoms with Gasteiger partial charge in [0.25, 0.3) is 0 Å². The molecule has 104 valence electrons. The van der Waals surface area contributed by atoms with Crippen molar-refractivity contribution >= 4 is 5.78 Å². The van der Waals surface area contributed by atoms with E-state index in [0.29, 0.717) is 34.8 Å². The van der Waals surface area contributed by atoms with Crippen LogP contribution in [-0.4, -0.2) is 25.2 Å². The molecule has 0 amide bonds. The Bertz CT molecular complexity index is 660. The Morgan fingerprint density at radius 2 is 2.05 bits per heavy atom. The molecule has 1 aliphatic carbocycles. The summed E-state index contributed by atoms with van der Waals surface area (Å²) in [7, 11) is 3.17. The summed E-state index contributed by atoms with van der Waals surface area (Å²) in [5.74, 6) is 1.85. The van der Waals surface area contributed by atoms with E-state index in [2.05, 4.69) is 5.16 Å². The Labute approximate surface area is 116 Å². The average Bonchev–Trinajstić information content (AvgIpc) is 2.92. The van der Waals surface area contributed by atoms with Crippen LogP contribution in [0.5, 0.6) is 11.5 Å². The number of benzene rings is 1. The highest BCUT2D eigenvalue weighted by Gasteiger charge is 2.28. The molecule has 0 aliphatic heterocycles. The first-order chi connectivity index (χ1) is 9.74. The van der Waals surface area contributed by atoms with Crippen LogP contribution in [0.2, 0.25) is 0 Å². The van der Waals surface area contributed by atoms with Gasteiger partial charge in [0, 0.05) is 6.42 Å². The van der Waals surface area contributed by atoms with Gasteiger partial charge in [0.15, 0.2) is 11.5 Å². The summed E-state index contributed by atoms with van der Waals surface area (Å²) in [4.78, 5) is 12.1. The van der Waals surface area contributed by atoms with Gasteiger partial charge in [-0.1, -0.05) is 5.16 Å². The van der Waals surface area contributed by atoms with Crippen LogP contribution in [0.4, 0.5) is 0 Å². The maximum atomic E-state index is 12.1. The second kappa shape index (κ2) is 5.00. The lowest BCUT2D eigenvalue weighted by Crippen LogP contribution is -2.10. The number of Topliss-reactive ketones (excluding diaryl/α,β-unsaturated/α-hetero) is 1. The maximum absolute atomic E-state index is 12.1. The molecule has 0 fully saturated rings. The minimum atomic E-state index is 0.0763. The number of ketones is 1. The van der Waals surface area contributed by atoms with E-state index in [-0.39, 0.29) is 5.78 Å². The smallest absolute Gasteiger partial charge is 0.181 e. The first kappa shape index (κ1) is 12.7. The van der Waals surface area contributed by atoms with Crippen LogP contribution in [0, 0.1) is 0 Å². The maximum Gasteiger partial charge on any atom is 0.181 e. The fourth-order valence-corrected chi connectivity index (χ4v) is 2.50. The molecule has 0 saturated carbocycles. The Morgan fingerprint density at radius 3 is 2.80 bits per heavy atom. The largest absolute Gasteiger partial charge is 0.497 e. The van der Waals surface area contributed by atoms with E-state index >= 15 is 0 Å². The molecule has 0 spiro atoms. The molecule has 0 atom stereocenters. The first-order valence-corrected chi connectivity index (χ1v) is 6.48. The third kappa shape index (κ3) is 1.95. The summed E-state index contributed by atoms with van der Waals surface area (Å²) in [6, 6.07) is 5.38. The molecule has 0 bridgehead atoms. The van der Waals surface area contributed by atoms with E-state index in [1.807, 2.05) is 0 Å². The number of hydrogen-bond acceptors (Lipinski definition) is 5. The molecular formula is C15H15NO4. The summed E-state index contributed by atoms with van der Waals surface area (Å²) in [5, 5.41) is 4.02. The number of carbonyl (C=O) groups excluding carboxylic acids is 1. The van der Waals surface area contributed by atoms with Gasteiger partial charge in [0.2, 0.25) is 0 Å². The van der Waals surface area contributed by atoms with Gasteiger partial charge in [-0.15, -0.1) is 0 Å². The number of nitrogens with zero attached hydrogens (tertiary/aromatic N) is 1. The van der Waals surface area contributed by atoms with Crippen molar-refractivity contribution in [2.75, 3.05) is 14.2 Å². The van der Waals surface area contributed by atoms with Crippen molar-refractivity contribution in [3.63, 3.8) is 0 Å². The predicted molar refractivity (Wildman–Crippen MR) is 72.3 cm³/mol. The minimum absolute atomic E-state index is 0.0763. The standard InChI is InChI=1S/C15H15NO4/c1-18-9-6-7-13(19-2)10(8-9)15-14-11(16-20-15)4-3-5-12(14)17/h6-8H,3-5H2,1-2H3. The first-order valence-electron chi connectivity index (χ1n) is 6.48. The molecule has 1 aromatic heterocycles. The van der Waals surface area contributed by atoms with E-state index < -0.39 is 0 Å². The molecule has 5 nitrogen and oxygen atoms in total. The van der Waals surface area contributed by atoms with Gasteiger partial charge < -0.3 is 14.0 Å². The monoisotopic (exact) mass is 273 g/mol. The van der Waals surface area contributed by atoms with Gasteiger partial charge in [-0.25, -0.2) is 0 Å². The van der Waals surface area contributed by atoms with E-state index in [9.17, 15) is 4.79 Å². The summed E-state index contributed by atoms with van der Waals surface area (Å²) < 4.78 is 16.0. The van der Waals surface area contributed by atoms with E-state index in [0.717, 1.165) is 18.5 Å². The second-order valence-electron chi connectivity index (χ2n) is 4.68. The third-order valence-corrected chi connectivity index (χ3v) is 3.51. The SMILES string of the molecule is COc1ccc(OC)c(-c2onc3c2C(=O)CCC3)c1. The highest BCUT2D eigenvalue weighted by atomic mass is 16.5. The Balaban J connectivity index is 2.18. The van der Waals surface area contributed by atoms with Crippen molar-refractivity contribution in [1.29, 1.82) is 0 Å². The molecule has 1 aromatic carbocycles. The molecule has 1 heterocycles. The van der Waals surface area contributed by atoms with Gasteiger partial charge in [0.05, 0.1) is 31.0 Å². The number of ether oxygens (including phenoxy) is 2. The lowest BCUT2D eigenvalue weighted by molar-refractivity contribution is 0.0973. The zero-order valence-corrected chi connectivity index (χ0v) is 11.4. The number of methoxy groups -OCH3 is 2. The fraction of sp³-hybridized carbons (Fsp3) is 0.333. The van der Waals surface area contributed by atoms with Crippen molar-refractivity contribution in [3.05, 3.63) is 29.5 Å². The second-order valence-corrected chi connectivity index (χ2v) is 4.68. The van der Waals surface area contributed by atoms with Crippen LogP contribution in [0.15, 0.2) is 22.7 Å². The van der Waals surface area contributed by atoms with Crippen LogP contribution in [0.25, 0.3) is 11.3 Å². The molecule has 2 aromatic rings. The van der Waals surface area contributed by atoms with Crippen molar-refractivity contribution < 1.29 is 18.8 Å². The number of fused-ring (bicyclic) bond motifs is 1. The minimum Gasteiger partial charge on any atom is -0.497 e. The van der Waals surface area contributed by atoms with Crippen LogP contribution >= 0.6 is 0 Å². The molecule has 20 heavy (non-hydrogen) atoms. The van der Waals surface area contributed by atoms with Crippen molar-refractivity contribution in [3.8, 4) is 22.8 Å². The number of rotatable bonds is 3. The lowest BCUT2D eigenvalue weighted by Gasteiger charge is -2.11. The molecule has 0 saturated heterocycles. The normalized spacial score (nSPS) is 14.0.